The topological polar surface area (TPSA) is 66.8 Å². The van der Waals surface area contributed by atoms with Crippen molar-refractivity contribution in [1.29, 1.82) is 0 Å². The van der Waals surface area contributed by atoms with E-state index in [0.29, 0.717) is 13.1 Å². The third-order valence-corrected chi connectivity index (χ3v) is 2.58. The van der Waals surface area contributed by atoms with E-state index in [1.165, 1.54) is 12.1 Å². The minimum atomic E-state index is -0.971. The average molecular weight is 251 g/mol. The van der Waals surface area contributed by atoms with Crippen LogP contribution in [0.2, 0.25) is 0 Å². The first-order valence-corrected chi connectivity index (χ1v) is 5.82. The molecule has 1 rings (SSSR count). The summed E-state index contributed by atoms with van der Waals surface area (Å²) in [4.78, 5) is 23.8. The number of carboxylic acids is 1. The first-order chi connectivity index (χ1) is 8.58. The Kier molecular flexibility index (Phi) is 5.17. The molecule has 0 unspecified atom stereocenters. The van der Waals surface area contributed by atoms with Crippen molar-refractivity contribution in [2.24, 2.45) is 0 Å². The van der Waals surface area contributed by atoms with Crippen molar-refractivity contribution >= 4 is 12.1 Å². The summed E-state index contributed by atoms with van der Waals surface area (Å²) in [6.45, 7) is 5.12. The number of nitrogens with zero attached hydrogens (tertiary/aromatic N) is 1. The second-order valence-corrected chi connectivity index (χ2v) is 3.73. The first-order valence-electron chi connectivity index (χ1n) is 5.82. The van der Waals surface area contributed by atoms with Crippen LogP contribution in [-0.2, 0) is 11.3 Å². The van der Waals surface area contributed by atoms with Gasteiger partial charge >= 0.3 is 12.1 Å². The molecule has 0 fully saturated rings. The smallest absolute Gasteiger partial charge is 0.410 e. The van der Waals surface area contributed by atoms with E-state index in [1.807, 2.05) is 13.8 Å². The van der Waals surface area contributed by atoms with Crippen molar-refractivity contribution in [2.75, 3.05) is 13.1 Å². The van der Waals surface area contributed by atoms with E-state index >= 15 is 0 Å². The standard InChI is InChI=1S/C13H17NO4/c1-3-14(4-2)13(17)18-9-10-5-7-11(8-6-10)12(15)16/h5-8H,3-4,9H2,1-2H3,(H,15,16). The molecule has 0 aromatic heterocycles. The Balaban J connectivity index is 2.53. The summed E-state index contributed by atoms with van der Waals surface area (Å²) < 4.78 is 5.11. The predicted octanol–water partition coefficient (Wildman–Crippen LogP) is 2.36. The lowest BCUT2D eigenvalue weighted by atomic mass is 10.1. The van der Waals surface area contributed by atoms with Crippen molar-refractivity contribution in [2.45, 2.75) is 20.5 Å². The summed E-state index contributed by atoms with van der Waals surface area (Å²) in [5, 5.41) is 8.74. The largest absolute Gasteiger partial charge is 0.478 e. The van der Waals surface area contributed by atoms with Gasteiger partial charge in [-0.1, -0.05) is 12.1 Å². The van der Waals surface area contributed by atoms with Crippen LogP contribution in [0.1, 0.15) is 29.8 Å². The number of ether oxygens (including phenoxy) is 1. The number of amides is 1. The molecule has 18 heavy (non-hydrogen) atoms. The minimum absolute atomic E-state index is 0.148. The molecule has 1 aromatic rings. The maximum Gasteiger partial charge on any atom is 0.410 e. The Morgan fingerprint density at radius 3 is 2.17 bits per heavy atom. The van der Waals surface area contributed by atoms with Gasteiger partial charge in [0, 0.05) is 13.1 Å². The Hall–Kier alpha value is -2.04. The summed E-state index contributed by atoms with van der Waals surface area (Å²) in [5.41, 5.74) is 0.981. The van der Waals surface area contributed by atoms with Crippen molar-refractivity contribution in [3.8, 4) is 0 Å². The molecule has 1 aromatic carbocycles. The number of benzene rings is 1. The second kappa shape index (κ2) is 6.64. The van der Waals surface area contributed by atoms with Gasteiger partial charge in [0.2, 0.25) is 0 Å². The zero-order chi connectivity index (χ0) is 13.5. The monoisotopic (exact) mass is 251 g/mol. The predicted molar refractivity (Wildman–Crippen MR) is 66.5 cm³/mol. The molecule has 1 N–H and O–H groups in total. The summed E-state index contributed by atoms with van der Waals surface area (Å²) >= 11 is 0. The van der Waals surface area contributed by atoms with Crippen LogP contribution < -0.4 is 0 Å². The molecule has 0 aliphatic heterocycles. The zero-order valence-corrected chi connectivity index (χ0v) is 10.5. The fourth-order valence-electron chi connectivity index (χ4n) is 1.46. The fourth-order valence-corrected chi connectivity index (χ4v) is 1.46. The van der Waals surface area contributed by atoms with Crippen molar-refractivity contribution in [3.05, 3.63) is 35.4 Å². The van der Waals surface area contributed by atoms with Crippen LogP contribution in [-0.4, -0.2) is 35.2 Å². The van der Waals surface area contributed by atoms with Gasteiger partial charge in [-0.25, -0.2) is 9.59 Å². The average Bonchev–Trinajstić information content (AvgIpc) is 2.38. The number of carboxylic acid groups (broad SMARTS) is 1. The van der Waals surface area contributed by atoms with Gasteiger partial charge in [0.05, 0.1) is 5.56 Å². The summed E-state index contributed by atoms with van der Waals surface area (Å²) in [5.74, 6) is -0.971. The van der Waals surface area contributed by atoms with E-state index < -0.39 is 5.97 Å². The number of carbonyl (C=O) groups excluding carboxylic acids is 1. The van der Waals surface area contributed by atoms with Gasteiger partial charge in [-0.2, -0.15) is 0 Å². The summed E-state index contributed by atoms with van der Waals surface area (Å²) in [6.07, 6.45) is -0.359. The SMILES string of the molecule is CCN(CC)C(=O)OCc1ccc(C(=O)O)cc1. The van der Waals surface area contributed by atoms with Gasteiger partial charge in [-0.05, 0) is 31.5 Å². The quantitative estimate of drug-likeness (QED) is 0.872. The number of hydrogen-bond donors (Lipinski definition) is 1. The first kappa shape index (κ1) is 14.0. The highest BCUT2D eigenvalue weighted by molar-refractivity contribution is 5.87. The van der Waals surface area contributed by atoms with Crippen molar-refractivity contribution in [1.82, 2.24) is 4.90 Å². The zero-order valence-electron chi connectivity index (χ0n) is 10.5. The van der Waals surface area contributed by atoms with Gasteiger partial charge in [0.25, 0.3) is 0 Å². The maximum atomic E-state index is 11.6. The Morgan fingerprint density at radius 1 is 1.17 bits per heavy atom. The molecule has 0 saturated carbocycles. The molecule has 0 atom stereocenters. The Morgan fingerprint density at radius 2 is 1.72 bits per heavy atom. The molecular weight excluding hydrogens is 234 g/mol. The van der Waals surface area contributed by atoms with Crippen molar-refractivity contribution < 1.29 is 19.4 Å². The minimum Gasteiger partial charge on any atom is -0.478 e. The summed E-state index contributed by atoms with van der Waals surface area (Å²) in [7, 11) is 0. The lowest BCUT2D eigenvalue weighted by Crippen LogP contribution is -2.30. The number of rotatable bonds is 5. The van der Waals surface area contributed by atoms with Crippen LogP contribution in [0.25, 0.3) is 0 Å². The fraction of sp³-hybridized carbons (Fsp3) is 0.385. The molecule has 1 amide bonds. The summed E-state index contributed by atoms with van der Waals surface area (Å²) in [6, 6.07) is 6.25. The van der Waals surface area contributed by atoms with Crippen LogP contribution in [0.3, 0.4) is 0 Å². The van der Waals surface area contributed by atoms with Crippen LogP contribution in [0.5, 0.6) is 0 Å². The molecular formula is C13H17NO4. The number of carbonyl (C=O) groups is 2. The lowest BCUT2D eigenvalue weighted by molar-refractivity contribution is 0.0696. The van der Waals surface area contributed by atoms with E-state index in [4.69, 9.17) is 9.84 Å². The third-order valence-electron chi connectivity index (χ3n) is 2.58. The molecule has 0 aliphatic carbocycles. The van der Waals surface area contributed by atoms with Crippen LogP contribution in [0.15, 0.2) is 24.3 Å². The highest BCUT2D eigenvalue weighted by Gasteiger charge is 2.10. The molecule has 98 valence electrons. The normalized spacial score (nSPS) is 9.89. The van der Waals surface area contributed by atoms with Crippen LogP contribution >= 0.6 is 0 Å². The van der Waals surface area contributed by atoms with E-state index in [2.05, 4.69) is 0 Å². The Bertz CT molecular complexity index is 410. The lowest BCUT2D eigenvalue weighted by Gasteiger charge is -2.18. The van der Waals surface area contributed by atoms with Crippen molar-refractivity contribution in [3.63, 3.8) is 0 Å². The highest BCUT2D eigenvalue weighted by atomic mass is 16.6. The van der Waals surface area contributed by atoms with Gasteiger partial charge in [-0.3, -0.25) is 0 Å². The van der Waals surface area contributed by atoms with Gasteiger partial charge < -0.3 is 14.7 Å². The van der Waals surface area contributed by atoms with Crippen LogP contribution in [0, 0.1) is 0 Å². The molecule has 0 spiro atoms. The van der Waals surface area contributed by atoms with E-state index in [9.17, 15) is 9.59 Å². The third kappa shape index (κ3) is 3.76. The Labute approximate surface area is 106 Å². The van der Waals surface area contributed by atoms with E-state index in [0.717, 1.165) is 5.56 Å². The number of aromatic carboxylic acids is 1. The highest BCUT2D eigenvalue weighted by Crippen LogP contribution is 2.07. The van der Waals surface area contributed by atoms with Gasteiger partial charge in [-0.15, -0.1) is 0 Å². The van der Waals surface area contributed by atoms with E-state index in [1.54, 1.807) is 17.0 Å². The molecule has 5 heteroatoms. The van der Waals surface area contributed by atoms with Crippen LogP contribution in [0.4, 0.5) is 4.79 Å². The second-order valence-electron chi connectivity index (χ2n) is 3.73. The van der Waals surface area contributed by atoms with Gasteiger partial charge in [0.1, 0.15) is 6.61 Å². The molecule has 0 heterocycles. The molecule has 0 aliphatic rings. The molecule has 0 bridgehead atoms. The molecule has 5 nitrogen and oxygen atoms in total. The van der Waals surface area contributed by atoms with E-state index in [-0.39, 0.29) is 18.3 Å². The van der Waals surface area contributed by atoms with Gasteiger partial charge in [0.15, 0.2) is 0 Å². The number of hydrogen-bond acceptors (Lipinski definition) is 3. The molecule has 0 saturated heterocycles. The maximum absolute atomic E-state index is 11.6. The molecule has 0 radical (unpaired) electrons.